The molecule has 0 saturated carbocycles. The van der Waals surface area contributed by atoms with E-state index in [0.717, 1.165) is 0 Å². The van der Waals surface area contributed by atoms with Crippen LogP contribution in [0.5, 0.6) is 5.75 Å². The van der Waals surface area contributed by atoms with Crippen molar-refractivity contribution in [2.24, 2.45) is 0 Å². The minimum Gasteiger partial charge on any atom is -0.495 e. The minimum atomic E-state index is -0.501. The van der Waals surface area contributed by atoms with Crippen molar-refractivity contribution in [1.82, 2.24) is 9.78 Å². The summed E-state index contributed by atoms with van der Waals surface area (Å²) in [5.74, 6) is 0.0535. The second kappa shape index (κ2) is 8.28. The molecule has 0 aliphatic rings. The molecule has 0 radical (unpaired) electrons. The maximum atomic E-state index is 13.9. The Morgan fingerprint density at radius 3 is 2.81 bits per heavy atom. The summed E-state index contributed by atoms with van der Waals surface area (Å²) >= 11 is 12.0. The first-order chi connectivity index (χ1) is 13.0. The molecule has 6 nitrogen and oxygen atoms in total. The fourth-order valence-electron chi connectivity index (χ4n) is 2.42. The molecular formula is C18H15Cl2FN4O2. The van der Waals surface area contributed by atoms with Crippen molar-refractivity contribution in [2.45, 2.75) is 6.54 Å². The lowest BCUT2D eigenvalue weighted by molar-refractivity contribution is 0.262. The number of anilines is 2. The van der Waals surface area contributed by atoms with Gasteiger partial charge in [0.1, 0.15) is 11.6 Å². The smallest absolute Gasteiger partial charge is 0.323 e. The fraction of sp³-hybridized carbons (Fsp3) is 0.111. The molecule has 0 saturated heterocycles. The van der Waals surface area contributed by atoms with Crippen LogP contribution in [0, 0.1) is 5.82 Å². The maximum absolute atomic E-state index is 13.9. The Morgan fingerprint density at radius 2 is 2.07 bits per heavy atom. The summed E-state index contributed by atoms with van der Waals surface area (Å²) in [5, 5.41) is 10.2. The number of hydrogen-bond acceptors (Lipinski definition) is 3. The van der Waals surface area contributed by atoms with Crippen molar-refractivity contribution in [1.29, 1.82) is 0 Å². The second-order valence-electron chi connectivity index (χ2n) is 5.55. The molecule has 2 amide bonds. The van der Waals surface area contributed by atoms with Gasteiger partial charge < -0.3 is 15.4 Å². The van der Waals surface area contributed by atoms with Gasteiger partial charge in [0.2, 0.25) is 0 Å². The topological polar surface area (TPSA) is 68.2 Å². The third-order valence-electron chi connectivity index (χ3n) is 3.68. The number of nitrogens with zero attached hydrogens (tertiary/aromatic N) is 2. The molecule has 140 valence electrons. The summed E-state index contributed by atoms with van der Waals surface area (Å²) < 4.78 is 20.5. The number of carbonyl (C=O) groups is 1. The molecule has 0 fully saturated rings. The molecule has 0 aliphatic carbocycles. The van der Waals surface area contributed by atoms with Gasteiger partial charge in [0.05, 0.1) is 31.2 Å². The highest BCUT2D eigenvalue weighted by atomic mass is 35.5. The van der Waals surface area contributed by atoms with Crippen LogP contribution in [0.3, 0.4) is 0 Å². The first-order valence-electron chi connectivity index (χ1n) is 7.83. The predicted molar refractivity (Wildman–Crippen MR) is 103 cm³/mol. The van der Waals surface area contributed by atoms with E-state index in [1.807, 2.05) is 0 Å². The molecule has 9 heteroatoms. The van der Waals surface area contributed by atoms with E-state index in [1.54, 1.807) is 30.5 Å². The van der Waals surface area contributed by atoms with Gasteiger partial charge in [-0.25, -0.2) is 9.18 Å². The number of rotatable bonds is 5. The number of hydrogen-bond donors (Lipinski definition) is 2. The fourth-order valence-corrected chi connectivity index (χ4v) is 2.82. The summed E-state index contributed by atoms with van der Waals surface area (Å²) in [5.41, 5.74) is 1.18. The van der Waals surface area contributed by atoms with Gasteiger partial charge in [-0.15, -0.1) is 0 Å². The Bertz CT molecular complexity index is 957. The zero-order valence-corrected chi connectivity index (χ0v) is 15.7. The number of ether oxygens (including phenoxy) is 1. The number of halogens is 3. The number of amides is 2. The number of aromatic nitrogens is 2. The van der Waals surface area contributed by atoms with Crippen LogP contribution in [0.2, 0.25) is 10.0 Å². The lowest BCUT2D eigenvalue weighted by Gasteiger charge is -2.10. The molecule has 0 aliphatic heterocycles. The largest absolute Gasteiger partial charge is 0.495 e. The zero-order chi connectivity index (χ0) is 19.4. The van der Waals surface area contributed by atoms with Gasteiger partial charge in [-0.2, -0.15) is 5.10 Å². The Balaban J connectivity index is 1.67. The highest BCUT2D eigenvalue weighted by molar-refractivity contribution is 6.31. The molecule has 0 atom stereocenters. The van der Waals surface area contributed by atoms with E-state index >= 15 is 0 Å². The Labute approximate surface area is 164 Å². The van der Waals surface area contributed by atoms with Crippen molar-refractivity contribution in [3.05, 3.63) is 70.2 Å². The Morgan fingerprint density at radius 1 is 1.26 bits per heavy atom. The van der Waals surface area contributed by atoms with E-state index in [9.17, 15) is 9.18 Å². The van der Waals surface area contributed by atoms with Crippen LogP contribution in [0.1, 0.15) is 5.56 Å². The average molecular weight is 409 g/mol. The van der Waals surface area contributed by atoms with Gasteiger partial charge in [-0.05, 0) is 30.3 Å². The van der Waals surface area contributed by atoms with Gasteiger partial charge in [0, 0.05) is 21.8 Å². The van der Waals surface area contributed by atoms with E-state index in [1.165, 1.54) is 30.1 Å². The van der Waals surface area contributed by atoms with Crippen LogP contribution in [0.25, 0.3) is 0 Å². The summed E-state index contributed by atoms with van der Waals surface area (Å²) in [4.78, 5) is 12.2. The Hall–Kier alpha value is -2.77. The summed E-state index contributed by atoms with van der Waals surface area (Å²) in [6.45, 7) is 0.136. The third kappa shape index (κ3) is 4.69. The van der Waals surface area contributed by atoms with E-state index in [0.29, 0.717) is 32.7 Å². The first-order valence-corrected chi connectivity index (χ1v) is 8.58. The van der Waals surface area contributed by atoms with Crippen LogP contribution in [-0.2, 0) is 6.54 Å². The average Bonchev–Trinajstić information content (AvgIpc) is 3.05. The maximum Gasteiger partial charge on any atom is 0.323 e. The number of carbonyl (C=O) groups excluding carboxylic acids is 1. The van der Waals surface area contributed by atoms with E-state index in [-0.39, 0.29) is 6.54 Å². The molecule has 0 spiro atoms. The molecular weight excluding hydrogens is 394 g/mol. The number of methoxy groups -OCH3 is 1. The monoisotopic (exact) mass is 408 g/mol. The molecule has 2 N–H and O–H groups in total. The van der Waals surface area contributed by atoms with E-state index in [2.05, 4.69) is 15.7 Å². The summed E-state index contributed by atoms with van der Waals surface area (Å²) in [7, 11) is 1.49. The quantitative estimate of drug-likeness (QED) is 0.621. The molecule has 0 bridgehead atoms. The van der Waals surface area contributed by atoms with Crippen LogP contribution in [0.4, 0.5) is 20.6 Å². The van der Waals surface area contributed by atoms with E-state index < -0.39 is 11.8 Å². The van der Waals surface area contributed by atoms with Crippen molar-refractivity contribution >= 4 is 40.6 Å². The number of urea groups is 1. The lowest BCUT2D eigenvalue weighted by atomic mass is 10.2. The highest BCUT2D eigenvalue weighted by Gasteiger charge is 2.11. The molecule has 3 rings (SSSR count). The summed E-state index contributed by atoms with van der Waals surface area (Å²) in [6.07, 6.45) is 3.01. The first kappa shape index (κ1) is 19.0. The molecule has 2 aromatic carbocycles. The highest BCUT2D eigenvalue weighted by Crippen LogP contribution is 2.27. The van der Waals surface area contributed by atoms with Crippen LogP contribution in [-0.4, -0.2) is 22.9 Å². The minimum absolute atomic E-state index is 0.136. The lowest BCUT2D eigenvalue weighted by Crippen LogP contribution is -2.19. The SMILES string of the molecule is COc1ccc(Cl)cc1NC(=O)Nc1cnn(Cc2c(F)cccc2Cl)c1. The van der Waals surface area contributed by atoms with Crippen molar-refractivity contribution in [3.8, 4) is 5.75 Å². The van der Waals surface area contributed by atoms with E-state index in [4.69, 9.17) is 27.9 Å². The van der Waals surface area contributed by atoms with Crippen LogP contribution >= 0.6 is 23.2 Å². The van der Waals surface area contributed by atoms with Gasteiger partial charge in [-0.1, -0.05) is 29.3 Å². The molecule has 0 unspecified atom stereocenters. The normalized spacial score (nSPS) is 10.5. The van der Waals surface area contributed by atoms with Gasteiger partial charge >= 0.3 is 6.03 Å². The number of benzene rings is 2. The van der Waals surface area contributed by atoms with Gasteiger partial charge in [-0.3, -0.25) is 4.68 Å². The standard InChI is InChI=1S/C18H15Cl2FN4O2/c1-27-17-6-5-11(19)7-16(17)24-18(26)23-12-8-22-25(9-12)10-13-14(20)3-2-4-15(13)21/h2-9H,10H2,1H3,(H2,23,24,26). The third-order valence-corrected chi connectivity index (χ3v) is 4.27. The van der Waals surface area contributed by atoms with Crippen LogP contribution < -0.4 is 15.4 Å². The zero-order valence-electron chi connectivity index (χ0n) is 14.2. The molecule has 1 heterocycles. The molecule has 27 heavy (non-hydrogen) atoms. The van der Waals surface area contributed by atoms with Gasteiger partial charge in [0.25, 0.3) is 0 Å². The van der Waals surface area contributed by atoms with Gasteiger partial charge in [0.15, 0.2) is 0 Å². The second-order valence-corrected chi connectivity index (χ2v) is 6.39. The number of nitrogens with one attached hydrogen (secondary N) is 2. The van der Waals surface area contributed by atoms with Crippen LogP contribution in [0.15, 0.2) is 48.8 Å². The summed E-state index contributed by atoms with van der Waals surface area (Å²) in [6, 6.07) is 8.84. The van der Waals surface area contributed by atoms with Crippen molar-refractivity contribution in [2.75, 3.05) is 17.7 Å². The Kier molecular flexibility index (Phi) is 5.83. The predicted octanol–water partition coefficient (Wildman–Crippen LogP) is 5.03. The molecule has 3 aromatic rings. The van der Waals surface area contributed by atoms with Crippen molar-refractivity contribution < 1.29 is 13.9 Å². The molecule has 1 aromatic heterocycles. The van der Waals surface area contributed by atoms with Crippen molar-refractivity contribution in [3.63, 3.8) is 0 Å².